The zero-order valence-corrected chi connectivity index (χ0v) is 14.9. The molecule has 1 aliphatic rings. The highest BCUT2D eigenvalue weighted by Gasteiger charge is 2.28. The second kappa shape index (κ2) is 8.79. The zero-order valence-electron chi connectivity index (χ0n) is 14.9. The molecule has 0 aliphatic carbocycles. The summed E-state index contributed by atoms with van der Waals surface area (Å²) in [6, 6.07) is 5.00. The second-order valence-corrected chi connectivity index (χ2v) is 5.74. The molecule has 1 aromatic carbocycles. The average Bonchev–Trinajstić information content (AvgIpc) is 2.94. The van der Waals surface area contributed by atoms with Gasteiger partial charge in [-0.05, 0) is 31.5 Å². The Balaban J connectivity index is 1.98. The van der Waals surface area contributed by atoms with Crippen LogP contribution in [0.2, 0.25) is 0 Å². The minimum atomic E-state index is -1.19. The van der Waals surface area contributed by atoms with Crippen LogP contribution in [0.1, 0.15) is 29.8 Å². The van der Waals surface area contributed by atoms with E-state index in [-0.39, 0.29) is 24.6 Å². The Hall–Kier alpha value is -3.43. The lowest BCUT2D eigenvalue weighted by Crippen LogP contribution is -2.44. The summed E-state index contributed by atoms with van der Waals surface area (Å²) < 4.78 is 5.05. The SMILES string of the molecule is CCNC(=O)NC(=O)C(C)OC(=O)c1cccc(CN2C(=O)CNC2=O)c1. The number of nitrogens with one attached hydrogen (secondary N) is 3. The number of nitrogens with zero attached hydrogens (tertiary/aromatic N) is 1. The van der Waals surface area contributed by atoms with Crippen LogP contribution in [0, 0.1) is 0 Å². The van der Waals surface area contributed by atoms with E-state index in [9.17, 15) is 24.0 Å². The Morgan fingerprint density at radius 1 is 1.30 bits per heavy atom. The summed E-state index contributed by atoms with van der Waals surface area (Å²) in [4.78, 5) is 59.6. The van der Waals surface area contributed by atoms with Crippen LogP contribution in [0.25, 0.3) is 0 Å². The van der Waals surface area contributed by atoms with E-state index in [1.165, 1.54) is 19.1 Å². The fourth-order valence-corrected chi connectivity index (χ4v) is 2.29. The number of hydrogen-bond donors (Lipinski definition) is 3. The van der Waals surface area contributed by atoms with Crippen LogP contribution in [-0.2, 0) is 20.9 Å². The molecule has 1 aromatic rings. The molecular formula is C17H20N4O6. The number of urea groups is 2. The molecule has 1 unspecified atom stereocenters. The fourth-order valence-electron chi connectivity index (χ4n) is 2.29. The van der Waals surface area contributed by atoms with Gasteiger partial charge in [-0.2, -0.15) is 0 Å². The molecule has 1 heterocycles. The first-order valence-electron chi connectivity index (χ1n) is 8.28. The molecule has 0 spiro atoms. The minimum absolute atomic E-state index is 0.0129. The molecule has 3 N–H and O–H groups in total. The van der Waals surface area contributed by atoms with E-state index in [1.54, 1.807) is 19.1 Å². The van der Waals surface area contributed by atoms with Crippen LogP contribution in [0.15, 0.2) is 24.3 Å². The summed E-state index contributed by atoms with van der Waals surface area (Å²) in [6.07, 6.45) is -1.19. The molecule has 0 bridgehead atoms. The highest BCUT2D eigenvalue weighted by atomic mass is 16.5. The number of amides is 6. The number of imide groups is 2. The summed E-state index contributed by atoms with van der Waals surface area (Å²) in [5.74, 6) is -1.89. The van der Waals surface area contributed by atoms with Crippen molar-refractivity contribution in [2.24, 2.45) is 0 Å². The van der Waals surface area contributed by atoms with Crippen LogP contribution < -0.4 is 16.0 Å². The van der Waals surface area contributed by atoms with Gasteiger partial charge in [-0.1, -0.05) is 12.1 Å². The first-order chi connectivity index (χ1) is 12.8. The highest BCUT2D eigenvalue weighted by Crippen LogP contribution is 2.12. The Bertz CT molecular complexity index is 762. The summed E-state index contributed by atoms with van der Waals surface area (Å²) in [5, 5.41) is 6.85. The predicted octanol–water partition coefficient (Wildman–Crippen LogP) is 0.129. The van der Waals surface area contributed by atoms with Crippen LogP contribution in [0.4, 0.5) is 9.59 Å². The lowest BCUT2D eigenvalue weighted by Gasteiger charge is -2.15. The Labute approximate surface area is 155 Å². The molecule has 6 amide bonds. The summed E-state index contributed by atoms with van der Waals surface area (Å²) in [5.41, 5.74) is 0.700. The summed E-state index contributed by atoms with van der Waals surface area (Å²) in [7, 11) is 0. The maximum atomic E-state index is 12.2. The van der Waals surface area contributed by atoms with Crippen molar-refractivity contribution < 1.29 is 28.7 Å². The lowest BCUT2D eigenvalue weighted by atomic mass is 10.1. The van der Waals surface area contributed by atoms with Crippen molar-refractivity contribution in [2.75, 3.05) is 13.1 Å². The monoisotopic (exact) mass is 376 g/mol. The van der Waals surface area contributed by atoms with E-state index in [0.29, 0.717) is 12.1 Å². The van der Waals surface area contributed by atoms with Gasteiger partial charge in [0, 0.05) is 6.54 Å². The smallest absolute Gasteiger partial charge is 0.338 e. The van der Waals surface area contributed by atoms with Gasteiger partial charge < -0.3 is 15.4 Å². The van der Waals surface area contributed by atoms with Gasteiger partial charge in [-0.15, -0.1) is 0 Å². The molecule has 144 valence electrons. The van der Waals surface area contributed by atoms with Crippen molar-refractivity contribution in [3.05, 3.63) is 35.4 Å². The number of carbonyl (C=O) groups is 5. The van der Waals surface area contributed by atoms with Crippen LogP contribution in [0.5, 0.6) is 0 Å². The van der Waals surface area contributed by atoms with Crippen LogP contribution in [-0.4, -0.2) is 53.9 Å². The van der Waals surface area contributed by atoms with Crippen LogP contribution in [0.3, 0.4) is 0 Å². The van der Waals surface area contributed by atoms with Gasteiger partial charge in [-0.3, -0.25) is 19.8 Å². The molecular weight excluding hydrogens is 356 g/mol. The van der Waals surface area contributed by atoms with Crippen molar-refractivity contribution in [1.29, 1.82) is 0 Å². The fraction of sp³-hybridized carbons (Fsp3) is 0.353. The second-order valence-electron chi connectivity index (χ2n) is 5.74. The number of ether oxygens (including phenoxy) is 1. The molecule has 2 rings (SSSR count). The Morgan fingerprint density at radius 2 is 2.04 bits per heavy atom. The average molecular weight is 376 g/mol. The lowest BCUT2D eigenvalue weighted by molar-refractivity contribution is -0.128. The van der Waals surface area contributed by atoms with Crippen LogP contribution >= 0.6 is 0 Å². The third-order valence-electron chi connectivity index (χ3n) is 3.67. The van der Waals surface area contributed by atoms with Gasteiger partial charge in [0.25, 0.3) is 5.91 Å². The molecule has 0 radical (unpaired) electrons. The molecule has 1 saturated heterocycles. The van der Waals surface area contributed by atoms with E-state index in [1.807, 2.05) is 0 Å². The van der Waals surface area contributed by atoms with Crippen molar-refractivity contribution in [3.8, 4) is 0 Å². The first kappa shape index (κ1) is 19.9. The zero-order chi connectivity index (χ0) is 20.0. The van der Waals surface area contributed by atoms with E-state index in [2.05, 4.69) is 16.0 Å². The van der Waals surface area contributed by atoms with Gasteiger partial charge in [-0.25, -0.2) is 14.4 Å². The van der Waals surface area contributed by atoms with Gasteiger partial charge in [0.1, 0.15) is 0 Å². The number of carbonyl (C=O) groups excluding carboxylic acids is 5. The van der Waals surface area contributed by atoms with E-state index < -0.39 is 30.0 Å². The predicted molar refractivity (Wildman–Crippen MR) is 92.5 cm³/mol. The molecule has 27 heavy (non-hydrogen) atoms. The number of benzene rings is 1. The maximum Gasteiger partial charge on any atom is 0.338 e. The quantitative estimate of drug-likeness (QED) is 0.477. The normalized spacial score (nSPS) is 14.4. The van der Waals surface area contributed by atoms with Crippen molar-refractivity contribution >= 4 is 29.8 Å². The summed E-state index contributed by atoms with van der Waals surface area (Å²) in [6.45, 7) is 3.33. The van der Waals surface area contributed by atoms with Crippen molar-refractivity contribution in [3.63, 3.8) is 0 Å². The van der Waals surface area contributed by atoms with Crippen molar-refractivity contribution in [1.82, 2.24) is 20.9 Å². The van der Waals surface area contributed by atoms with Gasteiger partial charge in [0.15, 0.2) is 6.10 Å². The third kappa shape index (κ3) is 5.27. The van der Waals surface area contributed by atoms with Crippen molar-refractivity contribution in [2.45, 2.75) is 26.5 Å². The first-order valence-corrected chi connectivity index (χ1v) is 8.28. The molecule has 1 aliphatic heterocycles. The van der Waals surface area contributed by atoms with Gasteiger partial charge in [0.2, 0.25) is 5.91 Å². The molecule has 1 atom stereocenters. The Morgan fingerprint density at radius 3 is 2.67 bits per heavy atom. The minimum Gasteiger partial charge on any atom is -0.449 e. The number of rotatable bonds is 6. The molecule has 10 nitrogen and oxygen atoms in total. The van der Waals surface area contributed by atoms with Gasteiger partial charge >= 0.3 is 18.0 Å². The largest absolute Gasteiger partial charge is 0.449 e. The van der Waals surface area contributed by atoms with E-state index >= 15 is 0 Å². The summed E-state index contributed by atoms with van der Waals surface area (Å²) >= 11 is 0. The Kier molecular flexibility index (Phi) is 6.47. The van der Waals surface area contributed by atoms with E-state index in [0.717, 1.165) is 4.90 Å². The molecule has 0 aromatic heterocycles. The number of hydrogen-bond acceptors (Lipinski definition) is 6. The standard InChI is InChI=1S/C17H20N4O6/c1-3-18-16(25)20-14(23)10(2)27-15(24)12-6-4-5-11(7-12)9-21-13(22)8-19-17(21)26/h4-7,10H,3,8-9H2,1-2H3,(H,19,26)(H2,18,20,23,25). The molecule has 1 fully saturated rings. The maximum absolute atomic E-state index is 12.2. The molecule has 0 saturated carbocycles. The topological polar surface area (TPSA) is 134 Å². The number of esters is 1. The van der Waals surface area contributed by atoms with E-state index in [4.69, 9.17) is 4.74 Å². The highest BCUT2D eigenvalue weighted by molar-refractivity contribution is 6.02. The van der Waals surface area contributed by atoms with Gasteiger partial charge in [0.05, 0.1) is 18.7 Å². The third-order valence-corrected chi connectivity index (χ3v) is 3.67. The molecule has 10 heteroatoms.